The molecule has 2 fully saturated rings. The largest absolute Gasteiger partial charge is 0.460 e. The van der Waals surface area contributed by atoms with Gasteiger partial charge in [-0.25, -0.2) is 0 Å². The predicted octanol–water partition coefficient (Wildman–Crippen LogP) is 4.76. The van der Waals surface area contributed by atoms with Gasteiger partial charge in [-0.3, -0.25) is 19.8 Å². The van der Waals surface area contributed by atoms with Gasteiger partial charge < -0.3 is 19.4 Å². The molecule has 3 aromatic rings. The molecule has 2 aliphatic heterocycles. The van der Waals surface area contributed by atoms with Gasteiger partial charge >= 0.3 is 5.97 Å². The molecular weight excluding hydrogens is 578 g/mol. The number of rotatable bonds is 10. The number of non-ortho nitro benzene ring substituents is 1. The summed E-state index contributed by atoms with van der Waals surface area (Å²) < 4.78 is 5.65. The zero-order valence-corrected chi connectivity index (χ0v) is 27.1. The number of fused-ring (bicyclic) bond motifs is 4. The molecule has 2 saturated heterocycles. The Labute approximate surface area is 273 Å². The highest BCUT2D eigenvalue weighted by Crippen LogP contribution is 2.19. The van der Waals surface area contributed by atoms with Crippen molar-refractivity contribution in [3.63, 3.8) is 0 Å². The smallest absolute Gasteiger partial charge is 0.320 e. The molecule has 9 heteroatoms. The van der Waals surface area contributed by atoms with Gasteiger partial charge in [0.05, 0.1) is 11.5 Å². The number of carbonyl (C=O) groups excluding carboxylic acids is 1. The summed E-state index contributed by atoms with van der Waals surface area (Å²) in [6.45, 7) is 11.3. The maximum atomic E-state index is 12.9. The van der Waals surface area contributed by atoms with E-state index in [4.69, 9.17) is 4.74 Å². The normalized spacial score (nSPS) is 22.0. The summed E-state index contributed by atoms with van der Waals surface area (Å²) in [4.78, 5) is 33.9. The van der Waals surface area contributed by atoms with E-state index >= 15 is 0 Å². The second kappa shape index (κ2) is 17.9. The Morgan fingerprint density at radius 3 is 1.91 bits per heavy atom. The van der Waals surface area contributed by atoms with E-state index < -0.39 is 0 Å². The lowest BCUT2D eigenvalue weighted by Gasteiger charge is -2.31. The quantitative estimate of drug-likeness (QED) is 0.181. The summed E-state index contributed by atoms with van der Waals surface area (Å²) in [6.07, 6.45) is 4.03. The van der Waals surface area contributed by atoms with Crippen LogP contribution in [0.15, 0.2) is 84.9 Å². The van der Waals surface area contributed by atoms with Gasteiger partial charge in [-0.2, -0.15) is 0 Å². The number of nitro groups is 1. The minimum atomic E-state index is -0.331. The van der Waals surface area contributed by atoms with Gasteiger partial charge in [-0.05, 0) is 67.9 Å². The third-order valence-electron chi connectivity index (χ3n) is 9.22. The zero-order valence-electron chi connectivity index (χ0n) is 27.1. The first-order valence-electron chi connectivity index (χ1n) is 16.9. The molecule has 0 amide bonds. The highest BCUT2D eigenvalue weighted by molar-refractivity contribution is 5.71. The lowest BCUT2D eigenvalue weighted by atomic mass is 9.97. The lowest BCUT2D eigenvalue weighted by molar-refractivity contribution is -0.384. The van der Waals surface area contributed by atoms with E-state index in [1.807, 2.05) is 42.5 Å². The fourth-order valence-corrected chi connectivity index (χ4v) is 6.70. The van der Waals surface area contributed by atoms with Crippen LogP contribution in [0.4, 0.5) is 5.69 Å². The Morgan fingerprint density at radius 2 is 1.28 bits per heavy atom. The average molecular weight is 628 g/mol. The number of hydrogen-bond donors (Lipinski definition) is 0. The fourth-order valence-electron chi connectivity index (χ4n) is 6.70. The molecule has 0 aliphatic carbocycles. The number of carbonyl (C=O) groups is 1. The van der Waals surface area contributed by atoms with Crippen molar-refractivity contribution in [2.24, 2.45) is 5.92 Å². The molecule has 0 N–H and O–H groups in total. The molecule has 3 atom stereocenters. The summed E-state index contributed by atoms with van der Waals surface area (Å²) >= 11 is 0. The van der Waals surface area contributed by atoms with Gasteiger partial charge in [0.1, 0.15) is 6.61 Å². The first kappa shape index (κ1) is 33.7. The number of hydrogen-bond acceptors (Lipinski definition) is 8. The highest BCUT2D eigenvalue weighted by atomic mass is 16.6. The molecule has 3 aromatic carbocycles. The standard InChI is InChI=1S/C37H49N5O4/c43-37(46-31-34-11-5-2-6-12-34)30-41-21-8-20-39-24-23-38(22-17-32-9-3-1-4-10-32)18-7-19-40(25-26-41)29-35(28-39)27-33-13-15-36(16-14-33)42(44)45/h1-6,9-16,35H,7-8,17-31H2. The van der Waals surface area contributed by atoms with Crippen LogP contribution in [0.1, 0.15) is 29.5 Å². The highest BCUT2D eigenvalue weighted by Gasteiger charge is 2.24. The molecule has 2 bridgehead atoms. The van der Waals surface area contributed by atoms with E-state index in [1.54, 1.807) is 12.1 Å². The Hall–Kier alpha value is -3.63. The van der Waals surface area contributed by atoms with E-state index in [2.05, 4.69) is 49.9 Å². The van der Waals surface area contributed by atoms with Gasteiger partial charge in [-0.15, -0.1) is 0 Å². The van der Waals surface area contributed by atoms with Crippen LogP contribution < -0.4 is 0 Å². The lowest BCUT2D eigenvalue weighted by Crippen LogP contribution is -2.41. The molecule has 46 heavy (non-hydrogen) atoms. The molecule has 5 rings (SSSR count). The van der Waals surface area contributed by atoms with Crippen molar-refractivity contribution in [2.75, 3.05) is 78.5 Å². The SMILES string of the molecule is O=C(CN1CCCN2CCN(CCc3ccccc3)CCCN(CC1)CC(Cc1ccc([N+](=O)[O-])cc1)C2)OCc1ccccc1. The van der Waals surface area contributed by atoms with E-state index in [1.165, 1.54) is 5.56 Å². The van der Waals surface area contributed by atoms with Crippen molar-refractivity contribution in [3.8, 4) is 0 Å². The Balaban J connectivity index is 1.26. The Bertz CT molecular complexity index is 1340. The maximum absolute atomic E-state index is 12.9. The Kier molecular flexibility index (Phi) is 13.1. The minimum Gasteiger partial charge on any atom is -0.460 e. The van der Waals surface area contributed by atoms with Crippen LogP contribution in [0.2, 0.25) is 0 Å². The second-order valence-electron chi connectivity index (χ2n) is 12.8. The van der Waals surface area contributed by atoms with Gasteiger partial charge in [0.15, 0.2) is 0 Å². The van der Waals surface area contributed by atoms with Crippen LogP contribution >= 0.6 is 0 Å². The van der Waals surface area contributed by atoms with Crippen molar-refractivity contribution in [1.29, 1.82) is 0 Å². The molecule has 2 aliphatic rings. The van der Waals surface area contributed by atoms with Crippen LogP contribution in [0.5, 0.6) is 0 Å². The minimum absolute atomic E-state index is 0.137. The van der Waals surface area contributed by atoms with Gasteiger partial charge in [0.25, 0.3) is 5.69 Å². The van der Waals surface area contributed by atoms with Gasteiger partial charge in [-0.1, -0.05) is 72.8 Å². The molecule has 2 heterocycles. The van der Waals surface area contributed by atoms with E-state index in [0.29, 0.717) is 19.1 Å². The fraction of sp³-hybridized carbons (Fsp3) is 0.486. The van der Waals surface area contributed by atoms with Crippen LogP contribution in [0.3, 0.4) is 0 Å². The molecule has 0 radical (unpaired) electrons. The van der Waals surface area contributed by atoms with Crippen molar-refractivity contribution >= 4 is 11.7 Å². The predicted molar refractivity (Wildman–Crippen MR) is 182 cm³/mol. The zero-order chi connectivity index (χ0) is 32.0. The number of ether oxygens (including phenoxy) is 1. The number of nitrogens with zero attached hydrogens (tertiary/aromatic N) is 5. The van der Waals surface area contributed by atoms with Crippen LogP contribution in [-0.4, -0.2) is 109 Å². The molecule has 9 nitrogen and oxygen atoms in total. The first-order chi connectivity index (χ1) is 22.5. The van der Waals surface area contributed by atoms with Gasteiger partial charge in [0.2, 0.25) is 0 Å². The third kappa shape index (κ3) is 11.3. The van der Waals surface area contributed by atoms with Crippen LogP contribution in [-0.2, 0) is 29.0 Å². The number of esters is 1. The van der Waals surface area contributed by atoms with Crippen molar-refractivity contribution < 1.29 is 14.5 Å². The summed E-state index contributed by atoms with van der Waals surface area (Å²) in [5.41, 5.74) is 3.67. The van der Waals surface area contributed by atoms with Crippen molar-refractivity contribution in [2.45, 2.75) is 32.3 Å². The third-order valence-corrected chi connectivity index (χ3v) is 9.22. The average Bonchev–Trinajstić information content (AvgIpc) is 3.13. The summed E-state index contributed by atoms with van der Waals surface area (Å²) in [6, 6.07) is 27.7. The summed E-state index contributed by atoms with van der Waals surface area (Å²) in [5, 5.41) is 11.2. The number of nitro benzene ring substituents is 1. The van der Waals surface area contributed by atoms with Crippen molar-refractivity contribution in [3.05, 3.63) is 112 Å². The molecule has 0 spiro atoms. The number of benzene rings is 3. The monoisotopic (exact) mass is 627 g/mol. The van der Waals surface area contributed by atoms with E-state index in [0.717, 1.165) is 109 Å². The van der Waals surface area contributed by atoms with Crippen LogP contribution in [0, 0.1) is 16.0 Å². The topological polar surface area (TPSA) is 82.4 Å². The molecule has 0 aromatic heterocycles. The summed E-state index contributed by atoms with van der Waals surface area (Å²) in [7, 11) is 0. The first-order valence-corrected chi connectivity index (χ1v) is 16.9. The van der Waals surface area contributed by atoms with Crippen molar-refractivity contribution in [1.82, 2.24) is 19.6 Å². The van der Waals surface area contributed by atoms with E-state index in [9.17, 15) is 14.9 Å². The molecular formula is C37H49N5O4. The molecule has 0 saturated carbocycles. The summed E-state index contributed by atoms with van der Waals surface area (Å²) in [5.74, 6) is 0.230. The van der Waals surface area contributed by atoms with Crippen LogP contribution in [0.25, 0.3) is 0 Å². The second-order valence-corrected chi connectivity index (χ2v) is 12.8. The molecule has 3 unspecified atom stereocenters. The van der Waals surface area contributed by atoms with Gasteiger partial charge in [0, 0.05) is 64.5 Å². The van der Waals surface area contributed by atoms with E-state index in [-0.39, 0.29) is 16.6 Å². The Morgan fingerprint density at radius 1 is 0.696 bits per heavy atom. The maximum Gasteiger partial charge on any atom is 0.320 e. The molecule has 246 valence electrons.